The van der Waals surface area contributed by atoms with Crippen molar-refractivity contribution < 1.29 is 19.1 Å². The molecule has 2 rings (SSSR count). The number of carbonyl (C=O) groups is 2. The predicted octanol–water partition coefficient (Wildman–Crippen LogP) is 3.63. The molecular weight excluding hydrogens is 358 g/mol. The minimum absolute atomic E-state index is 0.118. The van der Waals surface area contributed by atoms with Gasteiger partial charge in [-0.1, -0.05) is 36.1 Å². The molecule has 0 N–H and O–H groups in total. The van der Waals surface area contributed by atoms with E-state index >= 15 is 0 Å². The second-order valence-corrected chi connectivity index (χ2v) is 7.42. The maximum Gasteiger partial charge on any atom is 0.305 e. The highest BCUT2D eigenvalue weighted by Crippen LogP contribution is 2.33. The van der Waals surface area contributed by atoms with Gasteiger partial charge < -0.3 is 9.47 Å². The van der Waals surface area contributed by atoms with Gasteiger partial charge in [0.15, 0.2) is 0 Å². The molecule has 5 nitrogen and oxygen atoms in total. The van der Waals surface area contributed by atoms with Crippen LogP contribution in [0.3, 0.4) is 0 Å². The number of hydrogen-bond acceptors (Lipinski definition) is 6. The summed E-state index contributed by atoms with van der Waals surface area (Å²) in [6, 6.07) is 7.56. The van der Waals surface area contributed by atoms with Gasteiger partial charge in [0, 0.05) is 13.0 Å². The van der Waals surface area contributed by atoms with Gasteiger partial charge in [-0.3, -0.25) is 14.5 Å². The van der Waals surface area contributed by atoms with E-state index in [0.717, 1.165) is 11.3 Å². The molecule has 1 amide bonds. The standard InChI is InChI=1S/C18H21NO4S2/c1-12(2)23-14-8-6-13(7-9-14)11-15-17(21)19(18(24)25-15)10-4-5-16(20)22-3/h6-9,11-12H,4-5,10H2,1-3H3/b15-11-. The summed E-state index contributed by atoms with van der Waals surface area (Å²) in [5.41, 5.74) is 0.908. The van der Waals surface area contributed by atoms with Crippen LogP contribution in [0.1, 0.15) is 32.3 Å². The van der Waals surface area contributed by atoms with Crippen LogP contribution in [0.5, 0.6) is 5.75 Å². The van der Waals surface area contributed by atoms with Gasteiger partial charge in [-0.05, 0) is 44.0 Å². The van der Waals surface area contributed by atoms with Crippen molar-refractivity contribution in [2.24, 2.45) is 0 Å². The summed E-state index contributed by atoms with van der Waals surface area (Å²) in [6.45, 7) is 4.36. The van der Waals surface area contributed by atoms with E-state index in [2.05, 4.69) is 4.74 Å². The van der Waals surface area contributed by atoms with Gasteiger partial charge in [0.25, 0.3) is 5.91 Å². The van der Waals surface area contributed by atoms with Crippen LogP contribution in [0.2, 0.25) is 0 Å². The molecule has 1 heterocycles. The summed E-state index contributed by atoms with van der Waals surface area (Å²) in [7, 11) is 1.35. The van der Waals surface area contributed by atoms with Crippen molar-refractivity contribution in [2.45, 2.75) is 32.8 Å². The first kappa shape index (κ1) is 19.5. The molecule has 1 aliphatic heterocycles. The normalized spacial score (nSPS) is 16.0. The lowest BCUT2D eigenvalue weighted by molar-refractivity contribution is -0.141. The molecule has 1 fully saturated rings. The Balaban J connectivity index is 2.00. The molecule has 0 aromatic heterocycles. The van der Waals surface area contributed by atoms with E-state index in [-0.39, 0.29) is 24.4 Å². The number of hydrogen-bond donors (Lipinski definition) is 0. The molecule has 0 aliphatic carbocycles. The highest BCUT2D eigenvalue weighted by molar-refractivity contribution is 8.26. The Kier molecular flexibility index (Phi) is 7.01. The number of nitrogens with zero attached hydrogens (tertiary/aromatic N) is 1. The van der Waals surface area contributed by atoms with Crippen molar-refractivity contribution in [1.82, 2.24) is 4.90 Å². The summed E-state index contributed by atoms with van der Waals surface area (Å²) in [5.74, 6) is 0.384. The smallest absolute Gasteiger partial charge is 0.305 e. The molecule has 0 unspecified atom stereocenters. The number of benzene rings is 1. The van der Waals surface area contributed by atoms with Crippen LogP contribution in [-0.2, 0) is 14.3 Å². The lowest BCUT2D eigenvalue weighted by Crippen LogP contribution is -2.29. The first-order valence-corrected chi connectivity index (χ1v) is 9.22. The fourth-order valence-electron chi connectivity index (χ4n) is 2.24. The molecular formula is C18H21NO4S2. The quantitative estimate of drug-likeness (QED) is 0.410. The average Bonchev–Trinajstić information content (AvgIpc) is 2.83. The second kappa shape index (κ2) is 9.01. The zero-order valence-corrected chi connectivity index (χ0v) is 16.1. The van der Waals surface area contributed by atoms with Crippen LogP contribution in [-0.4, -0.2) is 40.9 Å². The maximum atomic E-state index is 12.5. The summed E-state index contributed by atoms with van der Waals surface area (Å²) in [5, 5.41) is 0. The lowest BCUT2D eigenvalue weighted by Gasteiger charge is -2.13. The van der Waals surface area contributed by atoms with Crippen LogP contribution in [0, 0.1) is 0 Å². The molecule has 7 heteroatoms. The summed E-state index contributed by atoms with van der Waals surface area (Å²) in [4.78, 5) is 25.8. The van der Waals surface area contributed by atoms with Crippen molar-refractivity contribution >= 4 is 46.3 Å². The molecule has 25 heavy (non-hydrogen) atoms. The first-order valence-electron chi connectivity index (χ1n) is 7.99. The number of ether oxygens (including phenoxy) is 2. The Hall–Kier alpha value is -1.86. The minimum Gasteiger partial charge on any atom is -0.491 e. The molecule has 1 aromatic carbocycles. The average molecular weight is 380 g/mol. The summed E-state index contributed by atoms with van der Waals surface area (Å²) in [6.07, 6.45) is 2.73. The summed E-state index contributed by atoms with van der Waals surface area (Å²) < 4.78 is 10.7. The monoisotopic (exact) mass is 379 g/mol. The number of thioether (sulfide) groups is 1. The Morgan fingerprint density at radius 1 is 1.32 bits per heavy atom. The van der Waals surface area contributed by atoms with Crippen LogP contribution >= 0.6 is 24.0 Å². The highest BCUT2D eigenvalue weighted by atomic mass is 32.2. The second-order valence-electron chi connectivity index (χ2n) is 5.75. The molecule has 0 saturated carbocycles. The molecule has 0 spiro atoms. The van der Waals surface area contributed by atoms with E-state index in [1.165, 1.54) is 23.8 Å². The third-order valence-electron chi connectivity index (χ3n) is 3.41. The van der Waals surface area contributed by atoms with E-state index in [1.54, 1.807) is 0 Å². The minimum atomic E-state index is -0.287. The molecule has 1 saturated heterocycles. The molecule has 1 aromatic rings. The Morgan fingerprint density at radius 2 is 2.00 bits per heavy atom. The van der Waals surface area contributed by atoms with Gasteiger partial charge in [-0.2, -0.15) is 0 Å². The first-order chi connectivity index (χ1) is 11.9. The molecule has 0 radical (unpaired) electrons. The van der Waals surface area contributed by atoms with Crippen LogP contribution in [0.25, 0.3) is 6.08 Å². The molecule has 134 valence electrons. The van der Waals surface area contributed by atoms with E-state index < -0.39 is 0 Å². The van der Waals surface area contributed by atoms with E-state index in [4.69, 9.17) is 17.0 Å². The lowest BCUT2D eigenvalue weighted by atomic mass is 10.2. The SMILES string of the molecule is COC(=O)CCCN1C(=O)/C(=C/c2ccc(OC(C)C)cc2)SC1=S. The van der Waals surface area contributed by atoms with Gasteiger partial charge in [0.2, 0.25) is 0 Å². The van der Waals surface area contributed by atoms with Gasteiger partial charge in [0.05, 0.1) is 18.1 Å². The maximum absolute atomic E-state index is 12.5. The topological polar surface area (TPSA) is 55.8 Å². The van der Waals surface area contributed by atoms with Crippen molar-refractivity contribution in [3.8, 4) is 5.75 Å². The van der Waals surface area contributed by atoms with E-state index in [0.29, 0.717) is 22.2 Å². The van der Waals surface area contributed by atoms with Crippen LogP contribution in [0.4, 0.5) is 0 Å². The largest absolute Gasteiger partial charge is 0.491 e. The Morgan fingerprint density at radius 3 is 2.60 bits per heavy atom. The van der Waals surface area contributed by atoms with Crippen molar-refractivity contribution in [1.29, 1.82) is 0 Å². The number of rotatable bonds is 7. The summed E-state index contributed by atoms with van der Waals surface area (Å²) >= 11 is 6.56. The van der Waals surface area contributed by atoms with E-state index in [1.807, 2.05) is 44.2 Å². The van der Waals surface area contributed by atoms with Crippen LogP contribution in [0.15, 0.2) is 29.2 Å². The number of esters is 1. The van der Waals surface area contributed by atoms with Gasteiger partial charge >= 0.3 is 5.97 Å². The molecule has 0 atom stereocenters. The fourth-order valence-corrected chi connectivity index (χ4v) is 3.55. The predicted molar refractivity (Wildman–Crippen MR) is 103 cm³/mol. The molecule has 0 bridgehead atoms. The third-order valence-corrected chi connectivity index (χ3v) is 4.79. The fraction of sp³-hybridized carbons (Fsp3) is 0.389. The number of amides is 1. The van der Waals surface area contributed by atoms with Crippen molar-refractivity contribution in [3.63, 3.8) is 0 Å². The number of carbonyl (C=O) groups excluding carboxylic acids is 2. The Bertz CT molecular complexity index is 683. The van der Waals surface area contributed by atoms with Gasteiger partial charge in [-0.25, -0.2) is 0 Å². The highest BCUT2D eigenvalue weighted by Gasteiger charge is 2.31. The zero-order valence-electron chi connectivity index (χ0n) is 14.5. The van der Waals surface area contributed by atoms with Crippen molar-refractivity contribution in [2.75, 3.05) is 13.7 Å². The van der Waals surface area contributed by atoms with Crippen molar-refractivity contribution in [3.05, 3.63) is 34.7 Å². The zero-order chi connectivity index (χ0) is 18.4. The van der Waals surface area contributed by atoms with Gasteiger partial charge in [0.1, 0.15) is 10.1 Å². The third kappa shape index (κ3) is 5.57. The number of methoxy groups -OCH3 is 1. The number of thiocarbonyl (C=S) groups is 1. The van der Waals surface area contributed by atoms with Crippen LogP contribution < -0.4 is 4.74 Å². The van der Waals surface area contributed by atoms with Gasteiger partial charge in [-0.15, -0.1) is 0 Å². The Labute approximate surface area is 157 Å². The molecule has 1 aliphatic rings. The van der Waals surface area contributed by atoms with E-state index in [9.17, 15) is 9.59 Å².